The Morgan fingerprint density at radius 1 is 1.19 bits per heavy atom. The molecule has 8 heteroatoms. The zero-order chi connectivity index (χ0) is 18.8. The van der Waals surface area contributed by atoms with Crippen LogP contribution in [0.15, 0.2) is 24.3 Å². The molecule has 0 radical (unpaired) electrons. The zero-order valence-corrected chi connectivity index (χ0v) is 16.4. The van der Waals surface area contributed by atoms with E-state index in [1.54, 1.807) is 14.2 Å². The number of hydrogen-bond acceptors (Lipinski definition) is 4. The molecule has 1 saturated heterocycles. The average molecular weight is 382 g/mol. The van der Waals surface area contributed by atoms with Crippen LogP contribution in [0.1, 0.15) is 5.56 Å². The van der Waals surface area contributed by atoms with E-state index in [0.717, 1.165) is 42.6 Å². The van der Waals surface area contributed by atoms with Crippen molar-refractivity contribution in [2.45, 2.75) is 6.54 Å². The standard InChI is InChI=1S/C18H28N4O3S/c1-24-12-7-19-17(23)14-21-8-10-22(11-9-21)18(26)20-13-15-3-5-16(25-2)6-4-15/h3-6H,7-14H2,1-2H3,(H,19,23)(H,20,26)/p+1. The lowest BCUT2D eigenvalue weighted by Gasteiger charge is -2.33. The van der Waals surface area contributed by atoms with Gasteiger partial charge in [-0.25, -0.2) is 0 Å². The molecule has 7 nitrogen and oxygen atoms in total. The molecule has 1 aromatic rings. The Bertz CT molecular complexity index is 574. The molecule has 0 unspecified atom stereocenters. The topological polar surface area (TPSA) is 67.3 Å². The van der Waals surface area contributed by atoms with Crippen molar-refractivity contribution in [1.82, 2.24) is 15.5 Å². The fourth-order valence-electron chi connectivity index (χ4n) is 2.82. The first-order chi connectivity index (χ1) is 12.6. The van der Waals surface area contributed by atoms with E-state index in [-0.39, 0.29) is 5.91 Å². The largest absolute Gasteiger partial charge is 0.497 e. The van der Waals surface area contributed by atoms with Gasteiger partial charge in [-0.05, 0) is 29.9 Å². The van der Waals surface area contributed by atoms with Crippen LogP contribution in [0.25, 0.3) is 0 Å². The second-order valence-electron chi connectivity index (χ2n) is 6.26. The predicted molar refractivity (Wildman–Crippen MR) is 104 cm³/mol. The molecule has 1 aromatic carbocycles. The van der Waals surface area contributed by atoms with Gasteiger partial charge in [0.25, 0.3) is 5.91 Å². The number of rotatable bonds is 8. The van der Waals surface area contributed by atoms with Gasteiger partial charge in [-0.1, -0.05) is 12.1 Å². The summed E-state index contributed by atoms with van der Waals surface area (Å²) in [6.07, 6.45) is 0. The third-order valence-electron chi connectivity index (χ3n) is 4.40. The fourth-order valence-corrected chi connectivity index (χ4v) is 3.07. The number of carbonyl (C=O) groups is 1. The van der Waals surface area contributed by atoms with E-state index in [1.165, 1.54) is 4.90 Å². The van der Waals surface area contributed by atoms with Crippen LogP contribution in [-0.2, 0) is 16.1 Å². The number of nitrogens with zero attached hydrogens (tertiary/aromatic N) is 1. The molecule has 2 rings (SSSR count). The third kappa shape index (κ3) is 6.78. The van der Waals surface area contributed by atoms with E-state index in [4.69, 9.17) is 21.7 Å². The van der Waals surface area contributed by atoms with Gasteiger partial charge in [-0.15, -0.1) is 0 Å². The number of amides is 1. The molecule has 26 heavy (non-hydrogen) atoms. The van der Waals surface area contributed by atoms with Crippen LogP contribution in [0.5, 0.6) is 5.75 Å². The summed E-state index contributed by atoms with van der Waals surface area (Å²) in [5, 5.41) is 6.94. The monoisotopic (exact) mass is 381 g/mol. The quantitative estimate of drug-likeness (QED) is 0.398. The minimum absolute atomic E-state index is 0.0747. The van der Waals surface area contributed by atoms with Crippen molar-refractivity contribution in [1.29, 1.82) is 0 Å². The van der Waals surface area contributed by atoms with Crippen LogP contribution in [-0.4, -0.2) is 76.0 Å². The number of benzene rings is 1. The summed E-state index contributed by atoms with van der Waals surface area (Å²) in [4.78, 5) is 15.3. The minimum Gasteiger partial charge on any atom is -0.497 e. The highest BCUT2D eigenvalue weighted by atomic mass is 32.1. The van der Waals surface area contributed by atoms with Crippen LogP contribution in [0, 0.1) is 0 Å². The van der Waals surface area contributed by atoms with Gasteiger partial charge in [0.15, 0.2) is 11.7 Å². The van der Waals surface area contributed by atoms with Gasteiger partial charge in [0, 0.05) is 20.2 Å². The van der Waals surface area contributed by atoms with Gasteiger partial charge in [0.2, 0.25) is 0 Å². The fraction of sp³-hybridized carbons (Fsp3) is 0.556. The van der Waals surface area contributed by atoms with E-state index in [9.17, 15) is 4.79 Å². The second-order valence-corrected chi connectivity index (χ2v) is 6.65. The molecular formula is C18H29N4O3S+. The molecule has 144 valence electrons. The Labute approximate surface area is 160 Å². The van der Waals surface area contributed by atoms with Crippen molar-refractivity contribution in [2.24, 2.45) is 0 Å². The molecular weight excluding hydrogens is 352 g/mol. The molecule has 1 aliphatic heterocycles. The van der Waals surface area contributed by atoms with E-state index in [1.807, 2.05) is 24.3 Å². The number of nitrogens with one attached hydrogen (secondary N) is 3. The van der Waals surface area contributed by atoms with Gasteiger partial charge in [-0.2, -0.15) is 0 Å². The van der Waals surface area contributed by atoms with Crippen LogP contribution >= 0.6 is 12.2 Å². The lowest BCUT2D eigenvalue weighted by Crippen LogP contribution is -3.16. The van der Waals surface area contributed by atoms with Gasteiger partial charge in [-0.3, -0.25) is 4.79 Å². The molecule has 0 saturated carbocycles. The van der Waals surface area contributed by atoms with E-state index >= 15 is 0 Å². The molecule has 1 heterocycles. The third-order valence-corrected chi connectivity index (χ3v) is 4.80. The van der Waals surface area contributed by atoms with Crippen LogP contribution in [0.2, 0.25) is 0 Å². The Morgan fingerprint density at radius 2 is 1.88 bits per heavy atom. The Balaban J connectivity index is 1.66. The Morgan fingerprint density at radius 3 is 2.50 bits per heavy atom. The molecule has 0 spiro atoms. The van der Waals surface area contributed by atoms with E-state index in [0.29, 0.717) is 26.2 Å². The maximum atomic E-state index is 11.9. The first-order valence-corrected chi connectivity index (χ1v) is 9.28. The van der Waals surface area contributed by atoms with Gasteiger partial charge < -0.3 is 29.9 Å². The maximum absolute atomic E-state index is 11.9. The molecule has 1 fully saturated rings. The van der Waals surface area contributed by atoms with Crippen LogP contribution in [0.3, 0.4) is 0 Å². The lowest BCUT2D eigenvalue weighted by molar-refractivity contribution is -0.895. The highest BCUT2D eigenvalue weighted by molar-refractivity contribution is 7.80. The van der Waals surface area contributed by atoms with Crippen LogP contribution < -0.4 is 20.3 Å². The van der Waals surface area contributed by atoms with Crippen molar-refractivity contribution in [3.63, 3.8) is 0 Å². The SMILES string of the molecule is COCCNC(=O)C[NH+]1CCN(C(=S)NCc2ccc(OC)cc2)CC1. The predicted octanol–water partition coefficient (Wildman–Crippen LogP) is -0.967. The summed E-state index contributed by atoms with van der Waals surface area (Å²) in [5.74, 6) is 0.924. The molecule has 0 aliphatic carbocycles. The summed E-state index contributed by atoms with van der Waals surface area (Å²) in [7, 11) is 3.29. The summed E-state index contributed by atoms with van der Waals surface area (Å²) in [5.41, 5.74) is 1.16. The first-order valence-electron chi connectivity index (χ1n) is 8.87. The second kappa shape index (κ2) is 10.9. The van der Waals surface area contributed by atoms with Gasteiger partial charge in [0.05, 0.1) is 39.9 Å². The molecule has 1 amide bonds. The van der Waals surface area contributed by atoms with Crippen LogP contribution in [0.4, 0.5) is 0 Å². The number of piperazine rings is 1. The lowest BCUT2D eigenvalue weighted by atomic mass is 10.2. The number of ether oxygens (including phenoxy) is 2. The number of quaternary nitrogens is 1. The first kappa shape index (κ1) is 20.4. The molecule has 3 N–H and O–H groups in total. The van der Waals surface area contributed by atoms with Crippen molar-refractivity contribution >= 4 is 23.2 Å². The van der Waals surface area contributed by atoms with Crippen molar-refractivity contribution in [3.8, 4) is 5.75 Å². The minimum atomic E-state index is 0.0747. The summed E-state index contributed by atoms with van der Waals surface area (Å²) in [6, 6.07) is 7.94. The Kier molecular flexibility index (Phi) is 8.60. The van der Waals surface area contributed by atoms with Crippen molar-refractivity contribution in [2.75, 3.05) is 60.1 Å². The number of thiocarbonyl (C=S) groups is 1. The molecule has 0 atom stereocenters. The smallest absolute Gasteiger partial charge is 0.275 e. The Hall–Kier alpha value is -1.90. The molecule has 1 aliphatic rings. The molecule has 0 aromatic heterocycles. The highest BCUT2D eigenvalue weighted by Crippen LogP contribution is 2.11. The highest BCUT2D eigenvalue weighted by Gasteiger charge is 2.23. The van der Waals surface area contributed by atoms with E-state index in [2.05, 4.69) is 15.5 Å². The van der Waals surface area contributed by atoms with Crippen molar-refractivity contribution in [3.05, 3.63) is 29.8 Å². The summed E-state index contributed by atoms with van der Waals surface area (Å²) >= 11 is 5.51. The summed E-state index contributed by atoms with van der Waals surface area (Å²) < 4.78 is 10.1. The van der Waals surface area contributed by atoms with Gasteiger partial charge >= 0.3 is 0 Å². The summed E-state index contributed by atoms with van der Waals surface area (Å²) in [6.45, 7) is 5.83. The number of carbonyl (C=O) groups excluding carboxylic acids is 1. The maximum Gasteiger partial charge on any atom is 0.275 e. The number of methoxy groups -OCH3 is 2. The normalized spacial score (nSPS) is 14.8. The zero-order valence-electron chi connectivity index (χ0n) is 15.5. The van der Waals surface area contributed by atoms with Crippen molar-refractivity contribution < 1.29 is 19.2 Å². The molecule has 0 bridgehead atoms. The average Bonchev–Trinajstić information content (AvgIpc) is 2.67. The number of hydrogen-bond donors (Lipinski definition) is 3. The van der Waals surface area contributed by atoms with Gasteiger partial charge in [0.1, 0.15) is 5.75 Å². The van der Waals surface area contributed by atoms with E-state index < -0.39 is 0 Å².